The van der Waals surface area contributed by atoms with Crippen molar-refractivity contribution in [3.8, 4) is 11.5 Å². The first-order chi connectivity index (χ1) is 7.24. The number of hydrogen-bond donors (Lipinski definition) is 1. The quantitative estimate of drug-likeness (QED) is 0.822. The first-order valence-electron chi connectivity index (χ1n) is 4.73. The molecule has 0 spiro atoms. The van der Waals surface area contributed by atoms with Gasteiger partial charge in [-0.15, -0.1) is 0 Å². The Morgan fingerprint density at radius 1 is 1.20 bits per heavy atom. The number of ether oxygens (including phenoxy) is 2. The van der Waals surface area contributed by atoms with Gasteiger partial charge in [0.1, 0.15) is 0 Å². The molecule has 0 unspecified atom stereocenters. The standard InChI is InChI=1S/C12H16O3/c1-9-6-7-10(5-4-8-13)12(15-3)11(9)14-2/h4-7,13H,8H2,1-3H3/b5-4+. The van der Waals surface area contributed by atoms with Crippen molar-refractivity contribution in [1.82, 2.24) is 0 Å². The van der Waals surface area contributed by atoms with Crippen molar-refractivity contribution in [3.63, 3.8) is 0 Å². The highest BCUT2D eigenvalue weighted by Gasteiger charge is 2.10. The molecular weight excluding hydrogens is 192 g/mol. The smallest absolute Gasteiger partial charge is 0.168 e. The van der Waals surface area contributed by atoms with Crippen LogP contribution in [0.5, 0.6) is 11.5 Å². The van der Waals surface area contributed by atoms with Gasteiger partial charge >= 0.3 is 0 Å². The minimum Gasteiger partial charge on any atom is -0.493 e. The summed E-state index contributed by atoms with van der Waals surface area (Å²) in [4.78, 5) is 0. The maximum Gasteiger partial charge on any atom is 0.168 e. The minimum atomic E-state index is 0.0132. The van der Waals surface area contributed by atoms with Crippen molar-refractivity contribution in [1.29, 1.82) is 0 Å². The highest BCUT2D eigenvalue weighted by atomic mass is 16.5. The lowest BCUT2D eigenvalue weighted by atomic mass is 10.1. The van der Waals surface area contributed by atoms with Gasteiger partial charge in [-0.2, -0.15) is 0 Å². The van der Waals surface area contributed by atoms with Gasteiger partial charge in [-0.05, 0) is 12.5 Å². The summed E-state index contributed by atoms with van der Waals surface area (Å²) in [6.45, 7) is 1.97. The van der Waals surface area contributed by atoms with Gasteiger partial charge < -0.3 is 14.6 Å². The second-order valence-corrected chi connectivity index (χ2v) is 3.12. The predicted molar refractivity (Wildman–Crippen MR) is 60.4 cm³/mol. The minimum absolute atomic E-state index is 0.0132. The van der Waals surface area contributed by atoms with Gasteiger partial charge in [0.05, 0.1) is 20.8 Å². The first-order valence-corrected chi connectivity index (χ1v) is 4.73. The van der Waals surface area contributed by atoms with Crippen molar-refractivity contribution in [2.24, 2.45) is 0 Å². The lowest BCUT2D eigenvalue weighted by Gasteiger charge is -2.12. The van der Waals surface area contributed by atoms with E-state index in [-0.39, 0.29) is 6.61 Å². The number of aryl methyl sites for hydroxylation is 1. The van der Waals surface area contributed by atoms with Crippen LogP contribution in [-0.4, -0.2) is 25.9 Å². The SMILES string of the molecule is COc1c(C)ccc(/C=C/CO)c1OC. The molecule has 3 heteroatoms. The normalized spacial score (nSPS) is 10.7. The summed E-state index contributed by atoms with van der Waals surface area (Å²) in [5, 5.41) is 8.71. The van der Waals surface area contributed by atoms with Gasteiger partial charge in [-0.1, -0.05) is 24.3 Å². The zero-order valence-electron chi connectivity index (χ0n) is 9.28. The lowest BCUT2D eigenvalue weighted by Crippen LogP contribution is -1.95. The van der Waals surface area contributed by atoms with Crippen LogP contribution in [-0.2, 0) is 0 Å². The molecule has 0 aliphatic heterocycles. The van der Waals surface area contributed by atoms with Crippen LogP contribution in [0.25, 0.3) is 6.08 Å². The van der Waals surface area contributed by atoms with E-state index in [9.17, 15) is 0 Å². The topological polar surface area (TPSA) is 38.7 Å². The fourth-order valence-electron chi connectivity index (χ4n) is 1.45. The largest absolute Gasteiger partial charge is 0.493 e. The van der Waals surface area contributed by atoms with Crippen LogP contribution in [0.3, 0.4) is 0 Å². The van der Waals surface area contributed by atoms with Crippen LogP contribution in [0.4, 0.5) is 0 Å². The summed E-state index contributed by atoms with van der Waals surface area (Å²) in [6.07, 6.45) is 3.47. The zero-order chi connectivity index (χ0) is 11.3. The number of methoxy groups -OCH3 is 2. The van der Waals surface area contributed by atoms with Crippen molar-refractivity contribution in [2.75, 3.05) is 20.8 Å². The number of aliphatic hydroxyl groups excluding tert-OH is 1. The van der Waals surface area contributed by atoms with Crippen LogP contribution in [0.1, 0.15) is 11.1 Å². The van der Waals surface area contributed by atoms with E-state index in [2.05, 4.69) is 0 Å². The van der Waals surface area contributed by atoms with Crippen LogP contribution in [0.15, 0.2) is 18.2 Å². The molecule has 1 N–H and O–H groups in total. The summed E-state index contributed by atoms with van der Waals surface area (Å²) in [5.74, 6) is 1.43. The molecule has 1 rings (SSSR count). The Morgan fingerprint density at radius 3 is 2.40 bits per heavy atom. The molecule has 0 radical (unpaired) electrons. The Balaban J connectivity index is 3.22. The zero-order valence-corrected chi connectivity index (χ0v) is 9.28. The molecule has 0 saturated carbocycles. The number of hydrogen-bond acceptors (Lipinski definition) is 3. The summed E-state index contributed by atoms with van der Waals surface area (Å²) in [7, 11) is 3.22. The molecule has 0 saturated heterocycles. The van der Waals surface area contributed by atoms with Crippen LogP contribution >= 0.6 is 0 Å². The Labute approximate surface area is 90.0 Å². The first kappa shape index (κ1) is 11.6. The summed E-state index contributed by atoms with van der Waals surface area (Å²) in [5.41, 5.74) is 1.92. The van der Waals surface area contributed by atoms with E-state index in [1.807, 2.05) is 19.1 Å². The molecule has 82 valence electrons. The molecule has 0 aromatic heterocycles. The molecule has 0 aliphatic rings. The molecule has 0 fully saturated rings. The molecule has 1 aromatic carbocycles. The van der Waals surface area contributed by atoms with Crippen LogP contribution in [0, 0.1) is 6.92 Å². The van der Waals surface area contributed by atoms with E-state index in [1.165, 1.54) is 0 Å². The molecule has 0 aliphatic carbocycles. The fourth-order valence-corrected chi connectivity index (χ4v) is 1.45. The van der Waals surface area contributed by atoms with Gasteiger partial charge in [0.15, 0.2) is 11.5 Å². The van der Waals surface area contributed by atoms with E-state index in [1.54, 1.807) is 26.4 Å². The lowest BCUT2D eigenvalue weighted by molar-refractivity contribution is 0.343. The third kappa shape index (κ3) is 2.50. The second kappa shape index (κ2) is 5.41. The Hall–Kier alpha value is -1.48. The van der Waals surface area contributed by atoms with Gasteiger partial charge in [-0.25, -0.2) is 0 Å². The predicted octanol–water partition coefficient (Wildman–Crippen LogP) is 2.02. The van der Waals surface area contributed by atoms with Crippen LogP contribution < -0.4 is 9.47 Å². The summed E-state index contributed by atoms with van der Waals surface area (Å²) >= 11 is 0. The van der Waals surface area contributed by atoms with E-state index in [4.69, 9.17) is 14.6 Å². The molecule has 0 heterocycles. The van der Waals surface area contributed by atoms with Crippen LogP contribution in [0.2, 0.25) is 0 Å². The third-order valence-corrected chi connectivity index (χ3v) is 2.15. The van der Waals surface area contributed by atoms with Gasteiger partial charge in [0.25, 0.3) is 0 Å². The summed E-state index contributed by atoms with van der Waals surface area (Å²) < 4.78 is 10.6. The molecule has 15 heavy (non-hydrogen) atoms. The fraction of sp³-hybridized carbons (Fsp3) is 0.333. The number of aliphatic hydroxyl groups is 1. The molecule has 3 nitrogen and oxygen atoms in total. The van der Waals surface area contributed by atoms with E-state index < -0.39 is 0 Å². The average Bonchev–Trinajstić information content (AvgIpc) is 2.26. The Kier molecular flexibility index (Phi) is 4.18. The van der Waals surface area contributed by atoms with Crippen molar-refractivity contribution in [3.05, 3.63) is 29.3 Å². The highest BCUT2D eigenvalue weighted by Crippen LogP contribution is 2.34. The maximum absolute atomic E-state index is 8.71. The Bertz CT molecular complexity index is 356. The number of benzene rings is 1. The average molecular weight is 208 g/mol. The number of rotatable bonds is 4. The molecule has 0 atom stereocenters. The molecular formula is C12H16O3. The highest BCUT2D eigenvalue weighted by molar-refractivity contribution is 5.64. The monoisotopic (exact) mass is 208 g/mol. The van der Waals surface area contributed by atoms with E-state index in [0.29, 0.717) is 5.75 Å². The van der Waals surface area contributed by atoms with Crippen molar-refractivity contribution in [2.45, 2.75) is 6.92 Å². The molecule has 0 bridgehead atoms. The molecule has 0 amide bonds. The van der Waals surface area contributed by atoms with E-state index >= 15 is 0 Å². The maximum atomic E-state index is 8.71. The van der Waals surface area contributed by atoms with Crippen molar-refractivity contribution >= 4 is 6.08 Å². The molecule has 1 aromatic rings. The summed E-state index contributed by atoms with van der Waals surface area (Å²) in [6, 6.07) is 3.89. The van der Waals surface area contributed by atoms with Crippen molar-refractivity contribution < 1.29 is 14.6 Å². The van der Waals surface area contributed by atoms with Gasteiger partial charge in [0, 0.05) is 5.56 Å². The van der Waals surface area contributed by atoms with Gasteiger partial charge in [-0.3, -0.25) is 0 Å². The van der Waals surface area contributed by atoms with E-state index in [0.717, 1.165) is 16.9 Å². The third-order valence-electron chi connectivity index (χ3n) is 2.15. The second-order valence-electron chi connectivity index (χ2n) is 3.12. The Morgan fingerprint density at radius 2 is 1.87 bits per heavy atom. The van der Waals surface area contributed by atoms with Gasteiger partial charge in [0.2, 0.25) is 0 Å².